The van der Waals surface area contributed by atoms with Crippen LogP contribution in [-0.2, 0) is 0 Å². The molecular weight excluding hydrogens is 593 g/mol. The van der Waals surface area contributed by atoms with Crippen LogP contribution in [0.4, 0.5) is 5.69 Å². The molecule has 2 atom stereocenters. The largest absolute Gasteiger partial charge is 0.368 e. The lowest BCUT2D eigenvalue weighted by molar-refractivity contribution is 0.675. The van der Waals surface area contributed by atoms with E-state index < -0.39 is 0 Å². The molecule has 0 amide bonds. The summed E-state index contributed by atoms with van der Waals surface area (Å²) in [5.41, 5.74) is 7.92. The zero-order valence-corrected chi connectivity index (χ0v) is 26.3. The Hall–Kier alpha value is -5.65. The molecule has 7 aromatic carbocycles. The summed E-state index contributed by atoms with van der Waals surface area (Å²) in [7, 11) is 0. The van der Waals surface area contributed by atoms with Crippen molar-refractivity contribution in [1.82, 2.24) is 5.32 Å². The number of hydrogen-bond acceptors (Lipinski definition) is 5. The summed E-state index contributed by atoms with van der Waals surface area (Å²) in [6.07, 6.45) is -0.296. The highest BCUT2D eigenvalue weighted by atomic mass is 32.2. The number of aliphatic imine (C=N–C) groups is 2. The van der Waals surface area contributed by atoms with E-state index in [0.717, 1.165) is 33.9 Å². The van der Waals surface area contributed by atoms with Crippen molar-refractivity contribution in [2.45, 2.75) is 16.4 Å². The van der Waals surface area contributed by atoms with Crippen LogP contribution in [0.3, 0.4) is 0 Å². The molecular formula is C42H30N4S. The minimum Gasteiger partial charge on any atom is -0.368 e. The molecule has 5 heteroatoms. The number of anilines is 1. The number of thioether (sulfide) groups is 1. The first-order chi connectivity index (χ1) is 23.3. The number of fused-ring (bicyclic) bond motifs is 5. The zero-order valence-electron chi connectivity index (χ0n) is 25.5. The van der Waals surface area contributed by atoms with Crippen LogP contribution < -0.4 is 10.6 Å². The summed E-state index contributed by atoms with van der Waals surface area (Å²) in [4.78, 5) is 11.5. The van der Waals surface area contributed by atoms with Gasteiger partial charge >= 0.3 is 0 Å². The molecule has 4 nitrogen and oxygen atoms in total. The van der Waals surface area contributed by atoms with Crippen LogP contribution >= 0.6 is 11.8 Å². The first-order valence-electron chi connectivity index (χ1n) is 15.9. The fourth-order valence-corrected chi connectivity index (χ4v) is 7.74. The molecule has 0 saturated carbocycles. The van der Waals surface area contributed by atoms with E-state index in [2.05, 4.69) is 144 Å². The predicted molar refractivity (Wildman–Crippen MR) is 197 cm³/mol. The molecule has 9 rings (SSSR count). The second-order valence-electron chi connectivity index (χ2n) is 11.9. The van der Waals surface area contributed by atoms with Crippen LogP contribution in [0.25, 0.3) is 32.7 Å². The first kappa shape index (κ1) is 27.6. The highest BCUT2D eigenvalue weighted by Gasteiger charge is 2.26. The second-order valence-corrected chi connectivity index (χ2v) is 13.1. The van der Waals surface area contributed by atoms with E-state index in [-0.39, 0.29) is 11.5 Å². The van der Waals surface area contributed by atoms with E-state index in [9.17, 15) is 0 Å². The van der Waals surface area contributed by atoms with Gasteiger partial charge in [0, 0.05) is 21.4 Å². The molecule has 2 N–H and O–H groups in total. The molecule has 224 valence electrons. The molecule has 47 heavy (non-hydrogen) atoms. The Bertz CT molecular complexity index is 2330. The highest BCUT2D eigenvalue weighted by Crippen LogP contribution is 2.50. The molecule has 0 bridgehead atoms. The van der Waals surface area contributed by atoms with E-state index in [0.29, 0.717) is 0 Å². The summed E-state index contributed by atoms with van der Waals surface area (Å²) in [6.45, 7) is 0. The van der Waals surface area contributed by atoms with Crippen molar-refractivity contribution in [3.8, 4) is 11.1 Å². The van der Waals surface area contributed by atoms with Gasteiger partial charge in [0.1, 0.15) is 17.4 Å². The Morgan fingerprint density at radius 1 is 0.511 bits per heavy atom. The Kier molecular flexibility index (Phi) is 6.83. The Labute approximate surface area is 277 Å². The van der Waals surface area contributed by atoms with Gasteiger partial charge < -0.3 is 10.6 Å². The maximum absolute atomic E-state index is 5.21. The Morgan fingerprint density at radius 2 is 1.19 bits per heavy atom. The average molecular weight is 623 g/mol. The fraction of sp³-hybridized carbons (Fsp3) is 0.0476. The van der Waals surface area contributed by atoms with Gasteiger partial charge in [-0.1, -0.05) is 151 Å². The molecule has 0 aliphatic carbocycles. The van der Waals surface area contributed by atoms with Gasteiger partial charge in [0.05, 0.1) is 5.69 Å². The van der Waals surface area contributed by atoms with Crippen molar-refractivity contribution in [2.24, 2.45) is 9.98 Å². The maximum atomic E-state index is 5.21. The van der Waals surface area contributed by atoms with Crippen molar-refractivity contribution in [1.29, 1.82) is 0 Å². The zero-order chi connectivity index (χ0) is 31.2. The van der Waals surface area contributed by atoms with Gasteiger partial charge in [-0.15, -0.1) is 0 Å². The third kappa shape index (κ3) is 5.15. The molecule has 0 fully saturated rings. The van der Waals surface area contributed by atoms with Crippen molar-refractivity contribution < 1.29 is 0 Å². The lowest BCUT2D eigenvalue weighted by atomic mass is 9.97. The summed E-state index contributed by atoms with van der Waals surface area (Å²) >= 11 is 1.88. The molecule has 2 aliphatic rings. The minimum atomic E-state index is -0.296. The van der Waals surface area contributed by atoms with E-state index >= 15 is 0 Å². The quantitative estimate of drug-likeness (QED) is 0.188. The van der Waals surface area contributed by atoms with Crippen LogP contribution in [0.5, 0.6) is 0 Å². The van der Waals surface area contributed by atoms with Crippen molar-refractivity contribution >= 4 is 50.7 Å². The predicted octanol–water partition coefficient (Wildman–Crippen LogP) is 10.4. The fourth-order valence-electron chi connectivity index (χ4n) is 6.59. The topological polar surface area (TPSA) is 48.8 Å². The molecule has 7 aromatic rings. The second kappa shape index (κ2) is 11.6. The van der Waals surface area contributed by atoms with Crippen LogP contribution in [0.15, 0.2) is 173 Å². The Balaban J connectivity index is 1.12. The highest BCUT2D eigenvalue weighted by molar-refractivity contribution is 8.00. The van der Waals surface area contributed by atoms with Gasteiger partial charge in [0.15, 0.2) is 5.84 Å². The van der Waals surface area contributed by atoms with E-state index in [1.54, 1.807) is 0 Å². The third-order valence-corrected chi connectivity index (χ3v) is 10.2. The average Bonchev–Trinajstić information content (AvgIpc) is 3.60. The lowest BCUT2D eigenvalue weighted by Gasteiger charge is -2.24. The van der Waals surface area contributed by atoms with Crippen molar-refractivity contribution in [3.05, 3.63) is 180 Å². The first-order valence-corrected chi connectivity index (χ1v) is 16.8. The summed E-state index contributed by atoms with van der Waals surface area (Å²) in [6, 6.07) is 55.6. The molecule has 2 heterocycles. The van der Waals surface area contributed by atoms with E-state index in [1.165, 1.54) is 43.3 Å². The number of hydrogen-bond donors (Lipinski definition) is 2. The van der Waals surface area contributed by atoms with Crippen LogP contribution in [0, 0.1) is 0 Å². The van der Waals surface area contributed by atoms with Crippen LogP contribution in [-0.4, -0.2) is 11.7 Å². The minimum absolute atomic E-state index is 0.196. The monoisotopic (exact) mass is 622 g/mol. The van der Waals surface area contributed by atoms with Crippen LogP contribution in [0.1, 0.15) is 33.8 Å². The molecule has 0 radical (unpaired) electrons. The summed E-state index contributed by atoms with van der Waals surface area (Å²) < 4.78 is 0. The van der Waals surface area contributed by atoms with Gasteiger partial charge in [0.25, 0.3) is 0 Å². The van der Waals surface area contributed by atoms with Gasteiger partial charge in [-0.2, -0.15) is 0 Å². The number of benzene rings is 7. The lowest BCUT2D eigenvalue weighted by Crippen LogP contribution is -2.33. The van der Waals surface area contributed by atoms with Crippen LogP contribution in [0.2, 0.25) is 0 Å². The summed E-state index contributed by atoms with van der Waals surface area (Å²) in [5.74, 6) is 1.53. The Morgan fingerprint density at radius 3 is 2.00 bits per heavy atom. The van der Waals surface area contributed by atoms with Gasteiger partial charge in [-0.25, -0.2) is 9.98 Å². The normalized spacial score (nSPS) is 17.0. The molecule has 2 aliphatic heterocycles. The SMILES string of the molecule is c1ccc(C2=NC(c3cccc(-c4ccccc4)c3)=NC(c3ccc4c(ccc5ccc6c(c54)NC(c4ccccc4)S6)c3)N2)cc1. The molecule has 0 aromatic heterocycles. The molecule has 0 saturated heterocycles. The molecule has 2 unspecified atom stereocenters. The van der Waals surface area contributed by atoms with Gasteiger partial charge in [-0.05, 0) is 56.6 Å². The van der Waals surface area contributed by atoms with Crippen molar-refractivity contribution in [3.63, 3.8) is 0 Å². The molecule has 0 spiro atoms. The van der Waals surface area contributed by atoms with Crippen molar-refractivity contribution in [2.75, 3.05) is 5.32 Å². The number of rotatable bonds is 5. The maximum Gasteiger partial charge on any atom is 0.159 e. The third-order valence-electron chi connectivity index (χ3n) is 8.94. The number of nitrogens with zero attached hydrogens (tertiary/aromatic N) is 2. The van der Waals surface area contributed by atoms with E-state index in [4.69, 9.17) is 9.98 Å². The van der Waals surface area contributed by atoms with Gasteiger partial charge in [-0.3, -0.25) is 0 Å². The standard InChI is InChI=1S/C42H30N4S/c1-4-11-27(12-5-1)31-17-10-18-33(25-31)40-44-39(29-13-6-2-7-14-29)45-41(46-40)34-21-23-35-32(26-34)20-19-28-22-24-36-38(37(28)35)43-42(47-36)30-15-8-3-9-16-30/h1-26,41-43H,(H,44,45,46). The van der Waals surface area contributed by atoms with Gasteiger partial charge in [0.2, 0.25) is 0 Å². The number of nitrogens with one attached hydrogen (secondary N) is 2. The van der Waals surface area contributed by atoms with E-state index in [1.807, 2.05) is 36.0 Å². The summed E-state index contributed by atoms with van der Waals surface area (Å²) in [5, 5.41) is 12.6. The number of amidine groups is 2. The smallest absolute Gasteiger partial charge is 0.159 e.